The molecule has 1 fully saturated rings. The Bertz CT molecular complexity index is 1060. The third-order valence-corrected chi connectivity index (χ3v) is 5.97. The molecular weight excluding hydrogens is 379 g/mol. The minimum Gasteiger partial charge on any atom is -0.543 e. The van der Waals surface area contributed by atoms with Gasteiger partial charge in [-0.2, -0.15) is 4.98 Å². The molecule has 0 saturated carbocycles. The Balaban J connectivity index is 0.00000180. The summed E-state index contributed by atoms with van der Waals surface area (Å²) in [5, 5.41) is 12.2. The maximum Gasteiger partial charge on any atom is 1.00 e. The number of methoxy groups -OCH3 is 1. The van der Waals surface area contributed by atoms with Crippen LogP contribution in [-0.4, -0.2) is 43.6 Å². The molecule has 2 aromatic heterocycles. The second-order valence-corrected chi connectivity index (χ2v) is 7.24. The smallest absolute Gasteiger partial charge is 0.543 e. The molecule has 0 unspecified atom stereocenters. The van der Waals surface area contributed by atoms with Crippen LogP contribution in [0, 0.1) is 0 Å². The molecule has 0 spiro atoms. The average molecular weight is 392 g/mol. The number of ether oxygens (including phenoxy) is 1. The maximum absolute atomic E-state index is 12.3. The molecule has 0 aromatic carbocycles. The molecule has 1 aliphatic carbocycles. The maximum atomic E-state index is 12.3. The molecule has 1 atom stereocenters. The summed E-state index contributed by atoms with van der Waals surface area (Å²) in [6.07, 6.45) is 6.47. The van der Waals surface area contributed by atoms with Crippen LogP contribution in [0.4, 0.5) is 0 Å². The van der Waals surface area contributed by atoms with Crippen LogP contribution in [0.2, 0.25) is 0 Å². The summed E-state index contributed by atoms with van der Waals surface area (Å²) in [6, 6.07) is 0. The number of hydrogen-bond acceptors (Lipinski definition) is 7. The second-order valence-electron chi connectivity index (χ2n) is 6.29. The van der Waals surface area contributed by atoms with Crippen LogP contribution < -0.4 is 39.4 Å². The van der Waals surface area contributed by atoms with Gasteiger partial charge in [-0.25, -0.2) is 4.98 Å². The number of carboxylic acid groups (broad SMARTS) is 1. The topological polar surface area (TPSA) is 99.9 Å². The SMILES string of the molecule is COc1nc2nc(/C=C3/C(=O)N4C(C(=O)[O-])=CS[C@H]34)cn2c2c1CCC2.[Na+]. The first-order chi connectivity index (χ1) is 12.6. The van der Waals surface area contributed by atoms with Crippen molar-refractivity contribution in [2.24, 2.45) is 0 Å². The fraction of sp³-hybridized carbons (Fsp3) is 0.294. The molecule has 3 aliphatic rings. The molecule has 4 heterocycles. The van der Waals surface area contributed by atoms with E-state index in [2.05, 4.69) is 9.97 Å². The van der Waals surface area contributed by atoms with Gasteiger partial charge in [0.2, 0.25) is 11.7 Å². The predicted molar refractivity (Wildman–Crippen MR) is 90.9 cm³/mol. The summed E-state index contributed by atoms with van der Waals surface area (Å²) in [6.45, 7) is 0. The Labute approximate surface area is 180 Å². The number of carboxylic acids is 1. The van der Waals surface area contributed by atoms with E-state index >= 15 is 0 Å². The zero-order valence-electron chi connectivity index (χ0n) is 14.8. The summed E-state index contributed by atoms with van der Waals surface area (Å²) in [5.41, 5.74) is 3.31. The molecule has 1 amide bonds. The molecule has 10 heteroatoms. The van der Waals surface area contributed by atoms with E-state index < -0.39 is 5.97 Å². The minimum atomic E-state index is -1.34. The summed E-state index contributed by atoms with van der Waals surface area (Å²) in [5.74, 6) is -0.532. The van der Waals surface area contributed by atoms with Crippen molar-refractivity contribution in [3.05, 3.63) is 39.8 Å². The first kappa shape index (κ1) is 18.5. The molecule has 2 aromatic rings. The number of amides is 1. The number of carbonyl (C=O) groups is 2. The van der Waals surface area contributed by atoms with Crippen molar-refractivity contribution in [2.45, 2.75) is 24.6 Å². The number of hydrogen-bond donors (Lipinski definition) is 0. The molecule has 8 nitrogen and oxygen atoms in total. The summed E-state index contributed by atoms with van der Waals surface area (Å²) in [7, 11) is 1.60. The van der Waals surface area contributed by atoms with Gasteiger partial charge in [0, 0.05) is 17.5 Å². The van der Waals surface area contributed by atoms with E-state index in [9.17, 15) is 14.7 Å². The number of aryl methyl sites for hydroxylation is 1. The van der Waals surface area contributed by atoms with Gasteiger partial charge < -0.3 is 14.6 Å². The second kappa shape index (κ2) is 6.66. The summed E-state index contributed by atoms with van der Waals surface area (Å²) < 4.78 is 7.33. The third kappa shape index (κ3) is 2.64. The van der Waals surface area contributed by atoms with Crippen LogP contribution in [0.3, 0.4) is 0 Å². The Morgan fingerprint density at radius 1 is 1.41 bits per heavy atom. The molecule has 27 heavy (non-hydrogen) atoms. The number of carbonyl (C=O) groups excluding carboxylic acids is 2. The van der Waals surface area contributed by atoms with Crippen LogP contribution in [0.1, 0.15) is 23.4 Å². The zero-order chi connectivity index (χ0) is 18.0. The standard InChI is InChI=1S/C17H14N4O4S.Na/c1-25-13-9-3-2-4-11(9)20-6-8(18-17(20)19-13)5-10-14(22)21-12(16(23)24)7-26-15(10)21;/h5-7,15H,2-4H2,1H3,(H,23,24);/q;+1/p-1/b10-5-;/t15-;/m1./s1. The number of nitrogens with zero attached hydrogens (tertiary/aromatic N) is 4. The Kier molecular flexibility index (Phi) is 4.58. The van der Waals surface area contributed by atoms with Crippen LogP contribution in [0.5, 0.6) is 5.88 Å². The number of thioether (sulfide) groups is 1. The van der Waals surface area contributed by atoms with Crippen molar-refractivity contribution in [3.63, 3.8) is 0 Å². The number of aliphatic carboxylic acids is 1. The fourth-order valence-electron chi connectivity index (χ4n) is 3.70. The molecule has 1 saturated heterocycles. The average Bonchev–Trinajstić information content (AvgIpc) is 3.33. The van der Waals surface area contributed by atoms with Crippen LogP contribution in [0.15, 0.2) is 22.9 Å². The van der Waals surface area contributed by atoms with Gasteiger partial charge in [-0.15, -0.1) is 11.8 Å². The molecule has 5 rings (SSSR count). The van der Waals surface area contributed by atoms with E-state index in [1.807, 2.05) is 10.6 Å². The number of imidazole rings is 1. The monoisotopic (exact) mass is 392 g/mol. The van der Waals surface area contributed by atoms with Crippen molar-refractivity contribution in [1.29, 1.82) is 0 Å². The largest absolute Gasteiger partial charge is 1.00 e. The van der Waals surface area contributed by atoms with Crippen LogP contribution in [0.25, 0.3) is 11.9 Å². The van der Waals surface area contributed by atoms with Gasteiger partial charge in [-0.1, -0.05) is 0 Å². The van der Waals surface area contributed by atoms with Crippen molar-refractivity contribution in [3.8, 4) is 5.88 Å². The fourth-order valence-corrected chi connectivity index (χ4v) is 4.82. The van der Waals surface area contributed by atoms with Gasteiger partial charge in [0.05, 0.1) is 30.0 Å². The minimum absolute atomic E-state index is 0. The molecule has 0 radical (unpaired) electrons. The van der Waals surface area contributed by atoms with Crippen molar-refractivity contribution in [1.82, 2.24) is 19.3 Å². The Hall–Kier alpha value is -1.81. The number of aromatic nitrogens is 3. The van der Waals surface area contributed by atoms with Gasteiger partial charge in [0.1, 0.15) is 5.37 Å². The first-order valence-electron chi connectivity index (χ1n) is 8.15. The molecule has 0 bridgehead atoms. The predicted octanol–water partition coefficient (Wildman–Crippen LogP) is -2.88. The first-order valence-corrected chi connectivity index (χ1v) is 9.09. The van der Waals surface area contributed by atoms with Crippen molar-refractivity contribution in [2.75, 3.05) is 7.11 Å². The van der Waals surface area contributed by atoms with Gasteiger partial charge in [0.25, 0.3) is 5.91 Å². The van der Waals surface area contributed by atoms with E-state index in [0.717, 1.165) is 30.5 Å². The Morgan fingerprint density at radius 2 is 2.22 bits per heavy atom. The van der Waals surface area contributed by atoms with E-state index in [-0.39, 0.29) is 46.5 Å². The number of rotatable bonds is 3. The van der Waals surface area contributed by atoms with Gasteiger partial charge >= 0.3 is 29.6 Å². The molecule has 2 aliphatic heterocycles. The number of β-lactam (4-membered cyclic amide) rings is 1. The normalized spacial score (nSPS) is 21.6. The molecular formula is C17H13N4NaO4S. The van der Waals surface area contributed by atoms with Gasteiger partial charge in [-0.3, -0.25) is 14.1 Å². The van der Waals surface area contributed by atoms with Gasteiger partial charge in [0.15, 0.2) is 0 Å². The number of fused-ring (bicyclic) bond motifs is 4. The molecule has 132 valence electrons. The van der Waals surface area contributed by atoms with E-state index in [1.54, 1.807) is 13.2 Å². The molecule has 0 N–H and O–H groups in total. The van der Waals surface area contributed by atoms with E-state index in [4.69, 9.17) is 4.74 Å². The van der Waals surface area contributed by atoms with Crippen LogP contribution >= 0.6 is 11.8 Å². The third-order valence-electron chi connectivity index (χ3n) is 4.89. The quantitative estimate of drug-likeness (QED) is 0.314. The van der Waals surface area contributed by atoms with E-state index in [1.165, 1.54) is 22.1 Å². The van der Waals surface area contributed by atoms with E-state index in [0.29, 0.717) is 22.9 Å². The van der Waals surface area contributed by atoms with Gasteiger partial charge in [-0.05, 0) is 30.7 Å². The van der Waals surface area contributed by atoms with Crippen LogP contribution in [-0.2, 0) is 22.4 Å². The zero-order valence-corrected chi connectivity index (χ0v) is 17.6. The van der Waals surface area contributed by atoms with Crippen molar-refractivity contribution < 1.29 is 49.0 Å². The Morgan fingerprint density at radius 3 is 2.96 bits per heavy atom. The van der Waals surface area contributed by atoms with Crippen molar-refractivity contribution >= 4 is 35.5 Å². The summed E-state index contributed by atoms with van der Waals surface area (Å²) in [4.78, 5) is 33.5. The summed E-state index contributed by atoms with van der Waals surface area (Å²) >= 11 is 1.28.